The Hall–Kier alpha value is -3.91. The molecule has 0 aliphatic carbocycles. The van der Waals surface area contributed by atoms with Crippen molar-refractivity contribution in [2.24, 2.45) is 12.8 Å². The molecule has 3 aromatic rings. The zero-order chi connectivity index (χ0) is 27.9. The number of nitrogens with zero attached hydrogens (tertiary/aromatic N) is 3. The molecule has 0 radical (unpaired) electrons. The molecule has 1 aromatic heterocycles. The summed E-state index contributed by atoms with van der Waals surface area (Å²) in [6.45, 7) is -0.389. The van der Waals surface area contributed by atoms with Crippen molar-refractivity contribution < 1.29 is 40.5 Å². The Labute approximate surface area is 215 Å². The number of ether oxygens (including phenoxy) is 1. The van der Waals surface area contributed by atoms with Crippen LogP contribution in [0.25, 0.3) is 0 Å². The predicted molar refractivity (Wildman–Crippen MR) is 126 cm³/mol. The molecule has 202 valence electrons. The van der Waals surface area contributed by atoms with Gasteiger partial charge in [0.2, 0.25) is 11.1 Å². The zero-order valence-electron chi connectivity index (χ0n) is 19.9. The highest BCUT2D eigenvalue weighted by Crippen LogP contribution is 2.41. The van der Waals surface area contributed by atoms with E-state index in [9.17, 15) is 35.7 Å². The number of benzene rings is 2. The highest BCUT2D eigenvalue weighted by atomic mass is 32.2. The first-order valence-corrected chi connectivity index (χ1v) is 12.6. The molecule has 38 heavy (non-hydrogen) atoms. The molecule has 1 saturated heterocycles. The van der Waals surface area contributed by atoms with Crippen LogP contribution in [-0.2, 0) is 38.6 Å². The highest BCUT2D eigenvalue weighted by Gasteiger charge is 2.53. The summed E-state index contributed by atoms with van der Waals surface area (Å²) in [5.74, 6) is -3.02. The van der Waals surface area contributed by atoms with E-state index in [4.69, 9.17) is 10.5 Å². The molecule has 0 spiro atoms. The SMILES string of the molecule is Cn1cc(S(=O)(=O)O)nc1C(Oc1cccc(C2(Cc3ccccc3)CN(C(=O)C(F)(F)F)C2)c1)C(N)=O. The van der Waals surface area contributed by atoms with E-state index in [1.807, 2.05) is 12.1 Å². The van der Waals surface area contributed by atoms with E-state index in [0.29, 0.717) is 12.0 Å². The number of hydrogen-bond donors (Lipinski definition) is 2. The van der Waals surface area contributed by atoms with Gasteiger partial charge in [-0.1, -0.05) is 42.5 Å². The fraction of sp³-hybridized carbons (Fsp3) is 0.292. The quantitative estimate of drug-likeness (QED) is 0.408. The number of nitrogens with two attached hydrogens (primary N) is 1. The summed E-state index contributed by atoms with van der Waals surface area (Å²) in [6, 6.07) is 15.3. The normalized spacial score (nSPS) is 16.0. The third-order valence-electron chi connectivity index (χ3n) is 6.25. The van der Waals surface area contributed by atoms with E-state index in [2.05, 4.69) is 4.98 Å². The molecule has 2 amide bonds. The largest absolute Gasteiger partial charge is 0.473 e. The van der Waals surface area contributed by atoms with E-state index in [-0.39, 0.29) is 24.7 Å². The lowest BCUT2D eigenvalue weighted by molar-refractivity contribution is -0.192. The van der Waals surface area contributed by atoms with Gasteiger partial charge in [-0.3, -0.25) is 14.1 Å². The van der Waals surface area contributed by atoms with Gasteiger partial charge in [0.05, 0.1) is 0 Å². The Morgan fingerprint density at radius 2 is 1.82 bits per heavy atom. The molecule has 3 N–H and O–H groups in total. The molecule has 14 heteroatoms. The number of aromatic nitrogens is 2. The molecule has 1 aliphatic rings. The van der Waals surface area contributed by atoms with Gasteiger partial charge in [-0.15, -0.1) is 0 Å². The monoisotopic (exact) mass is 552 g/mol. The molecule has 10 nitrogen and oxygen atoms in total. The Morgan fingerprint density at radius 1 is 1.16 bits per heavy atom. The predicted octanol–water partition coefficient (Wildman–Crippen LogP) is 2.16. The van der Waals surface area contributed by atoms with Gasteiger partial charge in [0.1, 0.15) is 5.75 Å². The first kappa shape index (κ1) is 27.1. The van der Waals surface area contributed by atoms with Crippen LogP contribution in [0.5, 0.6) is 5.75 Å². The second kappa shape index (κ2) is 9.76. The summed E-state index contributed by atoms with van der Waals surface area (Å²) in [4.78, 5) is 28.5. The van der Waals surface area contributed by atoms with Crippen molar-refractivity contribution in [3.63, 3.8) is 0 Å². The second-order valence-electron chi connectivity index (χ2n) is 9.05. The summed E-state index contributed by atoms with van der Waals surface area (Å²) < 4.78 is 78.2. The van der Waals surface area contributed by atoms with Gasteiger partial charge >= 0.3 is 22.2 Å². The molecule has 0 saturated carbocycles. The summed E-state index contributed by atoms with van der Waals surface area (Å²) >= 11 is 0. The van der Waals surface area contributed by atoms with Crippen LogP contribution in [-0.4, -0.2) is 58.5 Å². The molecule has 0 bridgehead atoms. The third-order valence-corrected chi connectivity index (χ3v) is 6.98. The molecule has 4 rings (SSSR count). The van der Waals surface area contributed by atoms with Gasteiger partial charge in [0, 0.05) is 31.7 Å². The van der Waals surface area contributed by atoms with Crippen LogP contribution in [0.4, 0.5) is 13.2 Å². The summed E-state index contributed by atoms with van der Waals surface area (Å²) in [6.07, 6.45) is -5.24. The number of hydrogen-bond acceptors (Lipinski definition) is 6. The van der Waals surface area contributed by atoms with Gasteiger partial charge < -0.3 is 19.9 Å². The van der Waals surface area contributed by atoms with Gasteiger partial charge in [0.25, 0.3) is 5.91 Å². The minimum atomic E-state index is -5.00. The van der Waals surface area contributed by atoms with E-state index >= 15 is 0 Å². The molecule has 1 atom stereocenters. The summed E-state index contributed by atoms with van der Waals surface area (Å²) in [5, 5.41) is -0.704. The first-order chi connectivity index (χ1) is 17.7. The summed E-state index contributed by atoms with van der Waals surface area (Å²) in [7, 11) is -3.29. The van der Waals surface area contributed by atoms with E-state index in [1.165, 1.54) is 19.2 Å². The number of aryl methyl sites for hydroxylation is 1. The molecular formula is C24H23F3N4O6S. The topological polar surface area (TPSA) is 145 Å². The van der Waals surface area contributed by atoms with Crippen LogP contribution in [0.15, 0.2) is 65.8 Å². The minimum Gasteiger partial charge on any atom is -0.473 e. The number of alkyl halides is 3. The fourth-order valence-electron chi connectivity index (χ4n) is 4.48. The van der Waals surface area contributed by atoms with Crippen molar-refractivity contribution >= 4 is 21.9 Å². The maximum Gasteiger partial charge on any atom is 0.471 e. The Balaban J connectivity index is 1.66. The molecule has 2 heterocycles. The lowest BCUT2D eigenvalue weighted by atomic mass is 9.69. The zero-order valence-corrected chi connectivity index (χ0v) is 20.7. The van der Waals surface area contributed by atoms with Crippen molar-refractivity contribution in [2.45, 2.75) is 29.1 Å². The van der Waals surface area contributed by atoms with Crippen molar-refractivity contribution in [1.29, 1.82) is 0 Å². The third kappa shape index (κ3) is 5.50. The highest BCUT2D eigenvalue weighted by molar-refractivity contribution is 7.85. The standard InChI is InChI=1S/C24H23F3N4O6S/c1-30-12-18(38(34,35)36)29-21(30)19(20(28)32)37-17-9-5-8-16(10-17)23(11-15-6-3-2-4-7-15)13-31(14-23)22(33)24(25,26)27/h2-10,12,19H,11,13-14H2,1H3,(H2,28,32)(H,34,35,36). The Bertz CT molecular complexity index is 1470. The number of carbonyl (C=O) groups is 2. The van der Waals surface area contributed by atoms with E-state index in [0.717, 1.165) is 21.2 Å². The van der Waals surface area contributed by atoms with Crippen molar-refractivity contribution in [1.82, 2.24) is 14.5 Å². The number of halogens is 3. The van der Waals surface area contributed by atoms with Crippen molar-refractivity contribution in [3.8, 4) is 5.75 Å². The fourth-order valence-corrected chi connectivity index (χ4v) is 4.98. The number of imidazole rings is 1. The average Bonchev–Trinajstić information content (AvgIpc) is 3.21. The lowest BCUT2D eigenvalue weighted by Crippen LogP contribution is -2.64. The molecule has 1 fully saturated rings. The number of primary amides is 1. The number of carbonyl (C=O) groups excluding carboxylic acids is 2. The molecule has 2 aromatic carbocycles. The van der Waals surface area contributed by atoms with E-state index < -0.39 is 44.7 Å². The maximum atomic E-state index is 13.0. The Morgan fingerprint density at radius 3 is 2.37 bits per heavy atom. The average molecular weight is 553 g/mol. The molecule has 1 aliphatic heterocycles. The van der Waals surface area contributed by atoms with Gasteiger partial charge in [-0.05, 0) is 29.7 Å². The van der Waals surface area contributed by atoms with Crippen LogP contribution in [0.2, 0.25) is 0 Å². The van der Waals surface area contributed by atoms with Crippen LogP contribution in [0.1, 0.15) is 23.1 Å². The second-order valence-corrected chi connectivity index (χ2v) is 10.4. The van der Waals surface area contributed by atoms with E-state index in [1.54, 1.807) is 30.3 Å². The van der Waals surface area contributed by atoms with Crippen molar-refractivity contribution in [3.05, 3.63) is 77.7 Å². The smallest absolute Gasteiger partial charge is 0.471 e. The van der Waals surface area contributed by atoms with Crippen LogP contribution in [0.3, 0.4) is 0 Å². The number of rotatable bonds is 8. The minimum absolute atomic E-state index is 0.107. The van der Waals surface area contributed by atoms with Crippen molar-refractivity contribution in [2.75, 3.05) is 13.1 Å². The molecular weight excluding hydrogens is 529 g/mol. The van der Waals surface area contributed by atoms with Crippen LogP contribution < -0.4 is 10.5 Å². The van der Waals surface area contributed by atoms with Gasteiger partial charge in [-0.2, -0.15) is 21.6 Å². The number of amides is 2. The van der Waals surface area contributed by atoms with Crippen LogP contribution >= 0.6 is 0 Å². The van der Waals surface area contributed by atoms with Gasteiger partial charge in [-0.25, -0.2) is 4.98 Å². The maximum absolute atomic E-state index is 13.0. The first-order valence-electron chi connectivity index (χ1n) is 11.2. The van der Waals surface area contributed by atoms with Crippen LogP contribution in [0, 0.1) is 0 Å². The molecule has 1 unspecified atom stereocenters. The number of likely N-dealkylation sites (tertiary alicyclic amines) is 1. The lowest BCUT2D eigenvalue weighted by Gasteiger charge is -2.51. The summed E-state index contributed by atoms with van der Waals surface area (Å²) in [5.41, 5.74) is 6.02. The Kier molecular flexibility index (Phi) is 6.97. The van der Waals surface area contributed by atoms with Gasteiger partial charge in [0.15, 0.2) is 5.82 Å².